The Kier molecular flexibility index (Phi) is 4.74. The lowest BCUT2D eigenvalue weighted by Gasteiger charge is -2.17. The van der Waals surface area contributed by atoms with Crippen LogP contribution in [-0.4, -0.2) is 37.1 Å². The second-order valence-electron chi connectivity index (χ2n) is 5.00. The third-order valence-electron chi connectivity index (χ3n) is 3.10. The fourth-order valence-corrected chi connectivity index (χ4v) is 1.81. The van der Waals surface area contributed by atoms with Gasteiger partial charge in [0.1, 0.15) is 5.82 Å². The van der Waals surface area contributed by atoms with Gasteiger partial charge in [-0.2, -0.15) is 0 Å². The van der Waals surface area contributed by atoms with Gasteiger partial charge in [-0.25, -0.2) is 4.98 Å². The molecule has 1 fully saturated rings. The highest BCUT2D eigenvalue weighted by Crippen LogP contribution is 2.18. The van der Waals surface area contributed by atoms with Gasteiger partial charge in [0.2, 0.25) is 5.91 Å². The van der Waals surface area contributed by atoms with Crippen LogP contribution >= 0.6 is 0 Å². The van der Waals surface area contributed by atoms with Crippen LogP contribution in [0.25, 0.3) is 0 Å². The fraction of sp³-hybridized carbons (Fsp3) is 0.571. The van der Waals surface area contributed by atoms with Crippen molar-refractivity contribution in [3.05, 3.63) is 23.9 Å². The highest BCUT2D eigenvalue weighted by molar-refractivity contribution is 5.81. The molecule has 5 nitrogen and oxygen atoms in total. The maximum atomic E-state index is 11.7. The molecule has 2 rings (SSSR count). The molecule has 104 valence electrons. The molecular formula is C14H22N4O. The highest BCUT2D eigenvalue weighted by Gasteiger charge is 2.23. The summed E-state index contributed by atoms with van der Waals surface area (Å²) in [7, 11) is 1.89. The van der Waals surface area contributed by atoms with Gasteiger partial charge in [-0.05, 0) is 31.0 Å². The lowest BCUT2D eigenvalue weighted by atomic mass is 10.2. The van der Waals surface area contributed by atoms with Crippen molar-refractivity contribution in [1.82, 2.24) is 15.6 Å². The second kappa shape index (κ2) is 6.52. The molecule has 0 spiro atoms. The van der Waals surface area contributed by atoms with Crippen molar-refractivity contribution in [2.75, 3.05) is 25.0 Å². The molecule has 0 atom stereocenters. The van der Waals surface area contributed by atoms with Crippen molar-refractivity contribution in [1.29, 1.82) is 0 Å². The van der Waals surface area contributed by atoms with Crippen LogP contribution in [0, 0.1) is 0 Å². The van der Waals surface area contributed by atoms with E-state index in [-0.39, 0.29) is 5.91 Å². The van der Waals surface area contributed by atoms with E-state index in [0.717, 1.165) is 37.3 Å². The molecule has 1 amide bonds. The molecule has 0 aromatic carbocycles. The zero-order valence-electron chi connectivity index (χ0n) is 11.6. The first kappa shape index (κ1) is 13.8. The Balaban J connectivity index is 1.83. The Bertz CT molecular complexity index is 414. The van der Waals surface area contributed by atoms with Gasteiger partial charge in [0.15, 0.2) is 0 Å². The number of carbonyl (C=O) groups is 1. The Morgan fingerprint density at radius 3 is 2.84 bits per heavy atom. The lowest BCUT2D eigenvalue weighted by Crippen LogP contribution is -2.36. The molecule has 1 heterocycles. The van der Waals surface area contributed by atoms with Crippen LogP contribution in [0.15, 0.2) is 18.3 Å². The first-order chi connectivity index (χ1) is 9.19. The molecule has 1 saturated carbocycles. The van der Waals surface area contributed by atoms with Crippen LogP contribution in [0.4, 0.5) is 5.82 Å². The van der Waals surface area contributed by atoms with Crippen LogP contribution in [0.3, 0.4) is 0 Å². The Morgan fingerprint density at radius 2 is 2.26 bits per heavy atom. The first-order valence-corrected chi connectivity index (χ1v) is 6.85. The van der Waals surface area contributed by atoms with Gasteiger partial charge in [-0.3, -0.25) is 4.79 Å². The van der Waals surface area contributed by atoms with E-state index in [4.69, 9.17) is 0 Å². The van der Waals surface area contributed by atoms with E-state index in [9.17, 15) is 4.79 Å². The van der Waals surface area contributed by atoms with Crippen LogP contribution in [0.2, 0.25) is 0 Å². The summed E-state index contributed by atoms with van der Waals surface area (Å²) in [6.07, 6.45) is 4.09. The molecule has 0 saturated heterocycles. The number of hydrogen-bond acceptors (Lipinski definition) is 4. The SMILES string of the molecule is CCNCc1ccc(N(C)CC(=O)NC2CC2)nc1. The summed E-state index contributed by atoms with van der Waals surface area (Å²) >= 11 is 0. The predicted octanol–water partition coefficient (Wildman–Crippen LogP) is 0.906. The van der Waals surface area contributed by atoms with E-state index in [1.165, 1.54) is 0 Å². The maximum Gasteiger partial charge on any atom is 0.239 e. The summed E-state index contributed by atoms with van der Waals surface area (Å²) in [4.78, 5) is 18.0. The molecule has 1 aromatic heterocycles. The summed E-state index contributed by atoms with van der Waals surface area (Å²) in [5.74, 6) is 0.898. The van der Waals surface area contributed by atoms with Gasteiger partial charge < -0.3 is 15.5 Å². The summed E-state index contributed by atoms with van der Waals surface area (Å²) in [6.45, 7) is 4.21. The molecule has 0 unspecified atom stereocenters. The first-order valence-electron chi connectivity index (χ1n) is 6.85. The monoisotopic (exact) mass is 262 g/mol. The number of amides is 1. The third kappa shape index (κ3) is 4.52. The minimum Gasteiger partial charge on any atom is -0.352 e. The van der Waals surface area contributed by atoms with E-state index < -0.39 is 0 Å². The topological polar surface area (TPSA) is 57.3 Å². The van der Waals surface area contributed by atoms with Gasteiger partial charge in [0, 0.05) is 25.8 Å². The van der Waals surface area contributed by atoms with Crippen molar-refractivity contribution in [2.24, 2.45) is 0 Å². The number of rotatable bonds is 7. The molecule has 5 heteroatoms. The van der Waals surface area contributed by atoms with E-state index in [2.05, 4.69) is 22.5 Å². The minimum absolute atomic E-state index is 0.0727. The quantitative estimate of drug-likeness (QED) is 0.767. The maximum absolute atomic E-state index is 11.7. The number of carbonyl (C=O) groups excluding carboxylic acids is 1. The number of anilines is 1. The van der Waals surface area contributed by atoms with Gasteiger partial charge in [0.25, 0.3) is 0 Å². The van der Waals surface area contributed by atoms with Gasteiger partial charge in [-0.1, -0.05) is 13.0 Å². The molecule has 1 aromatic rings. The van der Waals surface area contributed by atoms with Crippen molar-refractivity contribution < 1.29 is 4.79 Å². The Hall–Kier alpha value is -1.62. The van der Waals surface area contributed by atoms with Crippen molar-refractivity contribution >= 4 is 11.7 Å². The predicted molar refractivity (Wildman–Crippen MR) is 76.1 cm³/mol. The van der Waals surface area contributed by atoms with Gasteiger partial charge >= 0.3 is 0 Å². The number of nitrogens with zero attached hydrogens (tertiary/aromatic N) is 2. The minimum atomic E-state index is 0.0727. The van der Waals surface area contributed by atoms with Crippen molar-refractivity contribution in [3.8, 4) is 0 Å². The van der Waals surface area contributed by atoms with Gasteiger partial charge in [0.05, 0.1) is 6.54 Å². The van der Waals surface area contributed by atoms with Crippen LogP contribution in [-0.2, 0) is 11.3 Å². The number of pyridine rings is 1. The molecule has 1 aliphatic carbocycles. The summed E-state index contributed by atoms with van der Waals surface area (Å²) < 4.78 is 0. The van der Waals surface area contributed by atoms with E-state index in [1.807, 2.05) is 30.3 Å². The molecule has 0 aliphatic heterocycles. The Labute approximate surface area is 114 Å². The summed E-state index contributed by atoms with van der Waals surface area (Å²) in [5.41, 5.74) is 1.15. The smallest absolute Gasteiger partial charge is 0.239 e. The number of likely N-dealkylation sites (N-methyl/N-ethyl adjacent to an activating group) is 1. The number of aromatic nitrogens is 1. The molecule has 0 radical (unpaired) electrons. The molecule has 1 aliphatic rings. The molecule has 2 N–H and O–H groups in total. The average molecular weight is 262 g/mol. The summed E-state index contributed by atoms with van der Waals surface area (Å²) in [6, 6.07) is 4.41. The Morgan fingerprint density at radius 1 is 1.47 bits per heavy atom. The van der Waals surface area contributed by atoms with Gasteiger partial charge in [-0.15, -0.1) is 0 Å². The lowest BCUT2D eigenvalue weighted by molar-refractivity contribution is -0.119. The van der Waals surface area contributed by atoms with Crippen LogP contribution in [0.5, 0.6) is 0 Å². The zero-order chi connectivity index (χ0) is 13.7. The number of nitrogens with one attached hydrogen (secondary N) is 2. The van der Waals surface area contributed by atoms with E-state index >= 15 is 0 Å². The summed E-state index contributed by atoms with van der Waals surface area (Å²) in [5, 5.41) is 6.23. The normalized spacial score (nSPS) is 14.2. The van der Waals surface area contributed by atoms with E-state index in [1.54, 1.807) is 0 Å². The molecule has 0 bridgehead atoms. The van der Waals surface area contributed by atoms with Crippen molar-refractivity contribution in [3.63, 3.8) is 0 Å². The molecular weight excluding hydrogens is 240 g/mol. The molecule has 19 heavy (non-hydrogen) atoms. The third-order valence-corrected chi connectivity index (χ3v) is 3.10. The second-order valence-corrected chi connectivity index (χ2v) is 5.00. The number of hydrogen-bond donors (Lipinski definition) is 2. The average Bonchev–Trinajstić information content (AvgIpc) is 3.20. The van der Waals surface area contributed by atoms with E-state index in [0.29, 0.717) is 12.6 Å². The fourth-order valence-electron chi connectivity index (χ4n) is 1.81. The zero-order valence-corrected chi connectivity index (χ0v) is 11.6. The van der Waals surface area contributed by atoms with Crippen LogP contribution < -0.4 is 15.5 Å². The standard InChI is InChI=1S/C14H22N4O/c1-3-15-8-11-4-7-13(16-9-11)18(2)10-14(19)17-12-5-6-12/h4,7,9,12,15H,3,5-6,8,10H2,1-2H3,(H,17,19). The highest BCUT2D eigenvalue weighted by atomic mass is 16.2. The van der Waals surface area contributed by atoms with Crippen LogP contribution in [0.1, 0.15) is 25.3 Å². The largest absolute Gasteiger partial charge is 0.352 e. The van der Waals surface area contributed by atoms with Crippen molar-refractivity contribution in [2.45, 2.75) is 32.4 Å².